The second kappa shape index (κ2) is 3.86. The molecule has 0 radical (unpaired) electrons. The van der Waals surface area contributed by atoms with Crippen LogP contribution in [0.2, 0.25) is 0 Å². The zero-order valence-corrected chi connectivity index (χ0v) is 9.66. The van der Waals surface area contributed by atoms with Crippen molar-refractivity contribution in [2.75, 3.05) is 0 Å². The van der Waals surface area contributed by atoms with E-state index in [-0.39, 0.29) is 12.4 Å². The molecule has 2 aromatic heterocycles. The first-order valence-corrected chi connectivity index (χ1v) is 5.30. The lowest BCUT2D eigenvalue weighted by Gasteiger charge is -2.10. The van der Waals surface area contributed by atoms with Gasteiger partial charge in [0, 0.05) is 17.3 Å². The molecule has 0 amide bonds. The fourth-order valence-electron chi connectivity index (χ4n) is 2.38. The molecule has 2 aromatic rings. The molecule has 1 N–H and O–H groups in total. The average Bonchev–Trinajstić information content (AvgIpc) is 2.56. The summed E-state index contributed by atoms with van der Waals surface area (Å²) in [6, 6.07) is 2.25. The zero-order valence-electron chi connectivity index (χ0n) is 8.84. The summed E-state index contributed by atoms with van der Waals surface area (Å²) in [5, 5.41) is 1.35. The second-order valence-electron chi connectivity index (χ2n) is 4.20. The highest BCUT2D eigenvalue weighted by molar-refractivity contribution is 5.85. The minimum atomic E-state index is 0. The number of aromatic nitrogens is 2. The molecule has 0 saturated heterocycles. The quantitative estimate of drug-likeness (QED) is 0.729. The van der Waals surface area contributed by atoms with Crippen LogP contribution in [0, 0.1) is 6.92 Å². The molecule has 0 spiro atoms. The number of rotatable bonds is 0. The van der Waals surface area contributed by atoms with Crippen molar-refractivity contribution in [1.29, 1.82) is 0 Å². The fraction of sp³-hybridized carbons (Fsp3) is 0.417. The molecule has 0 saturated carbocycles. The molecule has 1 aliphatic rings. The van der Waals surface area contributed by atoms with Crippen LogP contribution in [0.5, 0.6) is 0 Å². The lowest BCUT2D eigenvalue weighted by Crippen LogP contribution is -1.99. The molecule has 0 bridgehead atoms. The maximum Gasteiger partial charge on any atom is 0.137 e. The van der Waals surface area contributed by atoms with Crippen LogP contribution >= 0.6 is 12.4 Å². The summed E-state index contributed by atoms with van der Waals surface area (Å²) >= 11 is 0. The Hall–Kier alpha value is -1.02. The third kappa shape index (κ3) is 1.63. The molecule has 2 heterocycles. The minimum Gasteiger partial charge on any atom is -0.343 e. The highest BCUT2D eigenvalue weighted by Crippen LogP contribution is 2.28. The van der Waals surface area contributed by atoms with Gasteiger partial charge in [-0.15, -0.1) is 12.4 Å². The molecule has 2 nitrogen and oxygen atoms in total. The number of pyridine rings is 1. The Morgan fingerprint density at radius 2 is 2.07 bits per heavy atom. The topological polar surface area (TPSA) is 28.7 Å². The van der Waals surface area contributed by atoms with E-state index in [1.165, 1.54) is 47.9 Å². The molecule has 0 fully saturated rings. The van der Waals surface area contributed by atoms with E-state index in [1.54, 1.807) is 0 Å². The van der Waals surface area contributed by atoms with Crippen LogP contribution in [-0.4, -0.2) is 9.97 Å². The Bertz CT molecular complexity index is 488. The van der Waals surface area contributed by atoms with Crippen molar-refractivity contribution in [3.05, 3.63) is 29.1 Å². The number of nitrogens with zero attached hydrogens (tertiary/aromatic N) is 1. The van der Waals surface area contributed by atoms with Gasteiger partial charge in [-0.1, -0.05) is 0 Å². The standard InChI is InChI=1S/C12H14N2.ClH/c1-8-6-10-9-4-2-3-5-11(9)14-12(10)13-7-8;/h6-7H,2-5H2,1H3,(H,13,14);1H. The fourth-order valence-corrected chi connectivity index (χ4v) is 2.38. The van der Waals surface area contributed by atoms with Crippen LogP contribution in [0.3, 0.4) is 0 Å². The number of aromatic amines is 1. The maximum absolute atomic E-state index is 4.43. The van der Waals surface area contributed by atoms with E-state index in [2.05, 4.69) is 23.0 Å². The van der Waals surface area contributed by atoms with Crippen molar-refractivity contribution >= 4 is 23.4 Å². The number of halogens is 1. The molecule has 0 aromatic carbocycles. The number of aryl methyl sites for hydroxylation is 3. The van der Waals surface area contributed by atoms with E-state index in [1.807, 2.05) is 6.20 Å². The van der Waals surface area contributed by atoms with Crippen LogP contribution in [0.25, 0.3) is 11.0 Å². The zero-order chi connectivity index (χ0) is 9.54. The first-order chi connectivity index (χ1) is 6.84. The van der Waals surface area contributed by atoms with Gasteiger partial charge in [0.2, 0.25) is 0 Å². The molecule has 0 aliphatic heterocycles. The van der Waals surface area contributed by atoms with Gasteiger partial charge in [0.1, 0.15) is 5.65 Å². The second-order valence-corrected chi connectivity index (χ2v) is 4.20. The van der Waals surface area contributed by atoms with Crippen LogP contribution in [0.1, 0.15) is 29.7 Å². The summed E-state index contributed by atoms with van der Waals surface area (Å²) in [7, 11) is 0. The summed E-state index contributed by atoms with van der Waals surface area (Å²) in [4.78, 5) is 7.86. The van der Waals surface area contributed by atoms with Crippen LogP contribution in [-0.2, 0) is 12.8 Å². The lowest BCUT2D eigenvalue weighted by atomic mass is 9.96. The van der Waals surface area contributed by atoms with Crippen molar-refractivity contribution in [3.8, 4) is 0 Å². The summed E-state index contributed by atoms with van der Waals surface area (Å²) < 4.78 is 0. The van der Waals surface area contributed by atoms with Crippen LogP contribution in [0.15, 0.2) is 12.3 Å². The predicted octanol–water partition coefficient (Wildman–Crippen LogP) is 3.17. The van der Waals surface area contributed by atoms with Gasteiger partial charge in [-0.25, -0.2) is 4.98 Å². The average molecular weight is 223 g/mol. The van der Waals surface area contributed by atoms with Crippen molar-refractivity contribution in [3.63, 3.8) is 0 Å². The van der Waals surface area contributed by atoms with Crippen molar-refractivity contribution in [2.24, 2.45) is 0 Å². The van der Waals surface area contributed by atoms with Gasteiger partial charge in [0.25, 0.3) is 0 Å². The van der Waals surface area contributed by atoms with Gasteiger partial charge < -0.3 is 4.98 Å². The van der Waals surface area contributed by atoms with Gasteiger partial charge >= 0.3 is 0 Å². The monoisotopic (exact) mass is 222 g/mol. The molecular weight excluding hydrogens is 208 g/mol. The Morgan fingerprint density at radius 3 is 2.93 bits per heavy atom. The Labute approximate surface area is 95.5 Å². The number of H-pyrrole nitrogens is 1. The van der Waals surface area contributed by atoms with Crippen molar-refractivity contribution in [2.45, 2.75) is 32.6 Å². The van der Waals surface area contributed by atoms with E-state index in [4.69, 9.17) is 0 Å². The summed E-state index contributed by atoms with van der Waals surface area (Å²) in [6.07, 6.45) is 7.00. The van der Waals surface area contributed by atoms with Crippen LogP contribution in [0.4, 0.5) is 0 Å². The highest BCUT2D eigenvalue weighted by Gasteiger charge is 2.15. The molecule has 15 heavy (non-hydrogen) atoms. The largest absolute Gasteiger partial charge is 0.343 e. The third-order valence-electron chi connectivity index (χ3n) is 3.09. The summed E-state index contributed by atoms with van der Waals surface area (Å²) in [5.74, 6) is 0. The van der Waals surface area contributed by atoms with E-state index in [0.29, 0.717) is 0 Å². The normalized spacial score (nSPS) is 14.7. The van der Waals surface area contributed by atoms with E-state index in [0.717, 1.165) is 5.65 Å². The van der Waals surface area contributed by atoms with Crippen molar-refractivity contribution < 1.29 is 0 Å². The number of hydrogen-bond acceptors (Lipinski definition) is 1. The Kier molecular flexibility index (Phi) is 2.70. The molecular formula is C12H15ClN2. The molecule has 80 valence electrons. The molecule has 3 rings (SSSR count). The highest BCUT2D eigenvalue weighted by atomic mass is 35.5. The van der Waals surface area contributed by atoms with Gasteiger partial charge in [-0.3, -0.25) is 0 Å². The minimum absolute atomic E-state index is 0. The van der Waals surface area contributed by atoms with Crippen LogP contribution < -0.4 is 0 Å². The third-order valence-corrected chi connectivity index (χ3v) is 3.09. The van der Waals surface area contributed by atoms with Gasteiger partial charge in [-0.2, -0.15) is 0 Å². The van der Waals surface area contributed by atoms with E-state index < -0.39 is 0 Å². The Balaban J connectivity index is 0.000000853. The number of hydrogen-bond donors (Lipinski definition) is 1. The SMILES string of the molecule is Cc1cnc2[nH]c3c(c2c1)CCCC3.Cl. The van der Waals surface area contributed by atoms with Gasteiger partial charge in [-0.05, 0) is 49.8 Å². The van der Waals surface area contributed by atoms with Crippen molar-refractivity contribution in [1.82, 2.24) is 9.97 Å². The predicted molar refractivity (Wildman–Crippen MR) is 64.7 cm³/mol. The van der Waals surface area contributed by atoms with E-state index >= 15 is 0 Å². The maximum atomic E-state index is 4.43. The smallest absolute Gasteiger partial charge is 0.137 e. The molecule has 1 aliphatic carbocycles. The first kappa shape index (κ1) is 10.5. The lowest BCUT2D eigenvalue weighted by molar-refractivity contribution is 0.680. The first-order valence-electron chi connectivity index (χ1n) is 5.30. The molecule has 3 heteroatoms. The molecule has 0 atom stereocenters. The van der Waals surface area contributed by atoms with Gasteiger partial charge in [0.15, 0.2) is 0 Å². The summed E-state index contributed by atoms with van der Waals surface area (Å²) in [5.41, 5.74) is 5.26. The van der Waals surface area contributed by atoms with E-state index in [9.17, 15) is 0 Å². The summed E-state index contributed by atoms with van der Waals surface area (Å²) in [6.45, 7) is 2.11. The number of nitrogens with one attached hydrogen (secondary N) is 1. The molecule has 0 unspecified atom stereocenters. The number of fused-ring (bicyclic) bond motifs is 3. The van der Waals surface area contributed by atoms with Gasteiger partial charge in [0.05, 0.1) is 0 Å². The Morgan fingerprint density at radius 1 is 1.27 bits per heavy atom.